The van der Waals surface area contributed by atoms with Crippen molar-refractivity contribution < 1.29 is 45.3 Å². The zero-order valence-corrected chi connectivity index (χ0v) is 23.9. The van der Waals surface area contributed by atoms with Crippen LogP contribution in [0, 0.1) is 0 Å². The van der Waals surface area contributed by atoms with Crippen molar-refractivity contribution in [2.45, 2.75) is 44.6 Å². The van der Waals surface area contributed by atoms with E-state index in [1.54, 1.807) is 42.5 Å². The Hall–Kier alpha value is -3.96. The summed E-state index contributed by atoms with van der Waals surface area (Å²) in [6.07, 6.45) is -13.0. The van der Waals surface area contributed by atoms with Crippen LogP contribution < -0.4 is 14.4 Å². The van der Waals surface area contributed by atoms with Crippen LogP contribution in [0.15, 0.2) is 91.0 Å². The molecule has 0 bridgehead atoms. The molecule has 1 unspecified atom stereocenters. The fourth-order valence-corrected chi connectivity index (χ4v) is 4.90. The summed E-state index contributed by atoms with van der Waals surface area (Å²) in [5.74, 6) is 0.197. The first-order valence-corrected chi connectivity index (χ1v) is 13.7. The van der Waals surface area contributed by atoms with Gasteiger partial charge >= 0.3 is 18.7 Å². The Bertz CT molecular complexity index is 1570. The van der Waals surface area contributed by atoms with Crippen molar-refractivity contribution in [2.24, 2.45) is 0 Å². The van der Waals surface area contributed by atoms with Gasteiger partial charge in [0.15, 0.2) is 0 Å². The van der Waals surface area contributed by atoms with Crippen LogP contribution in [0.1, 0.15) is 35.2 Å². The third-order valence-corrected chi connectivity index (χ3v) is 7.09. The van der Waals surface area contributed by atoms with Crippen molar-refractivity contribution in [3.63, 3.8) is 0 Å². The molecule has 0 spiro atoms. The van der Waals surface area contributed by atoms with E-state index in [2.05, 4.69) is 4.74 Å². The average Bonchev–Trinajstić information content (AvgIpc) is 2.98. The van der Waals surface area contributed by atoms with Gasteiger partial charge in [0.2, 0.25) is 0 Å². The maximum Gasteiger partial charge on any atom is 0.461 e. The summed E-state index contributed by atoms with van der Waals surface area (Å²) >= 11 is 6.21. The van der Waals surface area contributed by atoms with Gasteiger partial charge < -0.3 is 19.5 Å². The Kier molecular flexibility index (Phi) is 10.3. The quantitative estimate of drug-likeness (QED) is 0.156. The molecule has 0 aliphatic rings. The minimum absolute atomic E-state index is 0.229. The topological polar surface area (TPSA) is 41.9 Å². The van der Waals surface area contributed by atoms with Crippen LogP contribution in [0.5, 0.6) is 17.2 Å². The molecular formula is C32H27ClF7NO3. The molecule has 0 fully saturated rings. The van der Waals surface area contributed by atoms with Crippen molar-refractivity contribution in [1.82, 2.24) is 0 Å². The van der Waals surface area contributed by atoms with Crippen LogP contribution in [0.25, 0.3) is 0 Å². The van der Waals surface area contributed by atoms with Gasteiger partial charge in [0.1, 0.15) is 17.2 Å². The first kappa shape index (κ1) is 32.9. The van der Waals surface area contributed by atoms with E-state index in [-0.39, 0.29) is 17.7 Å². The molecule has 12 heteroatoms. The lowest BCUT2D eigenvalue weighted by atomic mass is 9.97. The summed E-state index contributed by atoms with van der Waals surface area (Å²) in [6.45, 7) is 0.917. The molecule has 0 radical (unpaired) electrons. The Morgan fingerprint density at radius 3 is 2.18 bits per heavy atom. The van der Waals surface area contributed by atoms with Crippen LogP contribution in [-0.2, 0) is 19.1 Å². The number of anilines is 1. The lowest BCUT2D eigenvalue weighted by Crippen LogP contribution is -2.34. The van der Waals surface area contributed by atoms with Gasteiger partial charge in [-0.2, -0.15) is 30.7 Å². The minimum atomic E-state index is -4.76. The minimum Gasteiger partial charge on any atom is -0.457 e. The molecule has 1 atom stereocenters. The number of hydrogen-bond donors (Lipinski definition) is 1. The largest absolute Gasteiger partial charge is 0.461 e. The second-order valence-corrected chi connectivity index (χ2v) is 10.1. The van der Waals surface area contributed by atoms with Crippen molar-refractivity contribution >= 4 is 17.3 Å². The highest BCUT2D eigenvalue weighted by atomic mass is 35.5. The first-order valence-electron chi connectivity index (χ1n) is 13.4. The molecule has 0 saturated carbocycles. The van der Waals surface area contributed by atoms with Crippen LogP contribution >= 0.6 is 11.6 Å². The summed E-state index contributed by atoms with van der Waals surface area (Å²) in [5.41, 5.74) is 0.166. The van der Waals surface area contributed by atoms with Gasteiger partial charge in [-0.25, -0.2) is 0 Å². The van der Waals surface area contributed by atoms with Gasteiger partial charge in [-0.1, -0.05) is 54.9 Å². The summed E-state index contributed by atoms with van der Waals surface area (Å²) < 4.78 is 105. The molecule has 0 amide bonds. The highest BCUT2D eigenvalue weighted by Crippen LogP contribution is 2.40. The molecule has 0 aliphatic heterocycles. The van der Waals surface area contributed by atoms with E-state index in [1.807, 2.05) is 6.92 Å². The molecule has 0 aromatic heterocycles. The zero-order valence-electron chi connectivity index (χ0n) is 23.2. The highest BCUT2D eigenvalue weighted by molar-refractivity contribution is 6.31. The average molecular weight is 642 g/mol. The summed E-state index contributed by atoms with van der Waals surface area (Å²) in [5, 5.41) is 11.0. The Morgan fingerprint density at radius 2 is 1.50 bits per heavy atom. The number of ether oxygens (including phenoxy) is 2. The Morgan fingerprint density at radius 1 is 0.818 bits per heavy atom. The normalized spacial score (nSPS) is 12.7. The maximum atomic E-state index is 14.0. The number of aliphatic hydroxyl groups is 1. The lowest BCUT2D eigenvalue weighted by molar-refractivity contribution is -0.253. The maximum absolute atomic E-state index is 14.0. The Balaban J connectivity index is 1.77. The lowest BCUT2D eigenvalue weighted by Gasteiger charge is -2.35. The molecule has 0 saturated heterocycles. The van der Waals surface area contributed by atoms with E-state index < -0.39 is 42.7 Å². The van der Waals surface area contributed by atoms with E-state index in [0.717, 1.165) is 23.8 Å². The number of benzene rings is 4. The fraction of sp³-hybridized carbons (Fsp3) is 0.250. The molecule has 234 valence electrons. The number of aliphatic hydroxyl groups excluding tert-OH is 1. The summed E-state index contributed by atoms with van der Waals surface area (Å²) in [6, 6.07) is 19.8. The van der Waals surface area contributed by atoms with Gasteiger partial charge in [0.25, 0.3) is 0 Å². The van der Waals surface area contributed by atoms with E-state index in [9.17, 15) is 35.8 Å². The van der Waals surface area contributed by atoms with Gasteiger partial charge in [0, 0.05) is 23.3 Å². The van der Waals surface area contributed by atoms with Gasteiger partial charge in [-0.05, 0) is 71.6 Å². The fourth-order valence-electron chi connectivity index (χ4n) is 4.64. The monoisotopic (exact) mass is 641 g/mol. The second kappa shape index (κ2) is 13.8. The summed E-state index contributed by atoms with van der Waals surface area (Å²) in [7, 11) is 0. The predicted molar refractivity (Wildman–Crippen MR) is 153 cm³/mol. The van der Waals surface area contributed by atoms with Crippen LogP contribution in [0.3, 0.4) is 0 Å². The smallest absolute Gasteiger partial charge is 0.457 e. The number of nitrogens with zero attached hydrogens (tertiary/aromatic N) is 1. The molecule has 1 N–H and O–H groups in total. The van der Waals surface area contributed by atoms with Crippen molar-refractivity contribution in [1.29, 1.82) is 0 Å². The number of hydrogen-bond acceptors (Lipinski definition) is 4. The molecule has 4 nitrogen and oxygen atoms in total. The number of aryl methyl sites for hydroxylation is 1. The standard InChI is InChI=1S/C32H27ClF7NO3/c1-2-21-16-24(13-14-28(21)33)43-23-9-6-8-22(17-23)41(29(19-42)26-11-3-4-12-27(26)31(36,37)38)18-20-7-5-10-25(15-20)44-32(39,40)30(34)35/h3-17,29-30,42H,2,18-19H2,1H3. The SMILES string of the molecule is CCc1cc(Oc2cccc(N(Cc3cccc(OC(F)(F)C(F)F)c3)C(CO)c3ccccc3C(F)(F)F)c2)ccc1Cl. The zero-order chi connectivity index (χ0) is 32.1. The van der Waals surface area contributed by atoms with Gasteiger partial charge in [-0.15, -0.1) is 0 Å². The van der Waals surface area contributed by atoms with E-state index in [1.165, 1.54) is 35.2 Å². The number of alkyl halides is 7. The molecular weight excluding hydrogens is 615 g/mol. The van der Waals surface area contributed by atoms with Crippen molar-refractivity contribution in [3.8, 4) is 17.2 Å². The molecule has 44 heavy (non-hydrogen) atoms. The first-order chi connectivity index (χ1) is 20.8. The summed E-state index contributed by atoms with van der Waals surface area (Å²) in [4.78, 5) is 1.43. The molecule has 4 aromatic carbocycles. The second-order valence-electron chi connectivity index (χ2n) is 9.73. The van der Waals surface area contributed by atoms with E-state index in [0.29, 0.717) is 28.6 Å². The van der Waals surface area contributed by atoms with Gasteiger partial charge in [0.05, 0.1) is 18.2 Å². The van der Waals surface area contributed by atoms with Crippen LogP contribution in [-0.4, -0.2) is 24.2 Å². The molecule has 0 heterocycles. The molecule has 4 aromatic rings. The van der Waals surface area contributed by atoms with Crippen molar-refractivity contribution in [3.05, 3.63) is 118 Å². The van der Waals surface area contributed by atoms with Crippen LogP contribution in [0.4, 0.5) is 36.4 Å². The predicted octanol–water partition coefficient (Wildman–Crippen LogP) is 9.69. The van der Waals surface area contributed by atoms with E-state index in [4.69, 9.17) is 16.3 Å². The van der Waals surface area contributed by atoms with E-state index >= 15 is 0 Å². The number of halogens is 8. The van der Waals surface area contributed by atoms with Gasteiger partial charge in [-0.3, -0.25) is 0 Å². The Labute approximate surface area is 254 Å². The molecule has 0 aliphatic carbocycles. The highest BCUT2D eigenvalue weighted by Gasteiger charge is 2.44. The van der Waals surface area contributed by atoms with Crippen molar-refractivity contribution in [2.75, 3.05) is 11.5 Å². The third kappa shape index (κ3) is 7.95. The molecule has 4 rings (SSSR count). The number of rotatable bonds is 12. The third-order valence-electron chi connectivity index (χ3n) is 6.72. The van der Waals surface area contributed by atoms with Crippen LogP contribution in [0.2, 0.25) is 5.02 Å².